The molecule has 2 N–H and O–H groups in total. The molecule has 0 radical (unpaired) electrons. The molecule has 0 unspecified atom stereocenters. The number of rotatable bonds is 5. The number of para-hydroxylation sites is 3. The summed E-state index contributed by atoms with van der Waals surface area (Å²) in [6, 6.07) is 12.9. The maximum atomic E-state index is 13.1. The number of amides is 1. The molecule has 0 spiro atoms. The van der Waals surface area contributed by atoms with Crippen LogP contribution in [0.4, 0.5) is 18.9 Å². The van der Waals surface area contributed by atoms with E-state index in [-0.39, 0.29) is 12.2 Å². The smallest absolute Gasteiger partial charge is 0.341 e. The van der Waals surface area contributed by atoms with Crippen LogP contribution in [0.2, 0.25) is 0 Å². The monoisotopic (exact) mass is 417 g/mol. The van der Waals surface area contributed by atoms with Crippen LogP contribution in [-0.2, 0) is 17.5 Å². The Morgan fingerprint density at radius 2 is 1.67 bits per heavy atom. The zero-order chi connectivity index (χ0) is 21.1. The van der Waals surface area contributed by atoms with Gasteiger partial charge in [0.25, 0.3) is 0 Å². The molecular weight excluding hydrogens is 395 g/mol. The zero-order valence-electron chi connectivity index (χ0n) is 16.2. The molecule has 1 aliphatic rings. The van der Waals surface area contributed by atoms with Gasteiger partial charge in [0.05, 0.1) is 35.4 Å². The molecule has 2 heterocycles. The molecule has 9 heteroatoms. The number of halogens is 3. The minimum Gasteiger partial charge on any atom is -0.341 e. The predicted molar refractivity (Wildman–Crippen MR) is 108 cm³/mol. The van der Waals surface area contributed by atoms with Crippen LogP contribution in [0, 0.1) is 0 Å². The van der Waals surface area contributed by atoms with Crippen LogP contribution in [0.25, 0.3) is 11.0 Å². The van der Waals surface area contributed by atoms with Crippen molar-refractivity contribution < 1.29 is 18.0 Å². The highest BCUT2D eigenvalue weighted by molar-refractivity contribution is 5.93. The normalized spacial score (nSPS) is 16.1. The van der Waals surface area contributed by atoms with Gasteiger partial charge in [-0.15, -0.1) is 0 Å². The first-order chi connectivity index (χ1) is 14.4. The fourth-order valence-electron chi connectivity index (χ4n) is 3.63. The fraction of sp³-hybridized carbons (Fsp3) is 0.333. The van der Waals surface area contributed by atoms with E-state index in [2.05, 4.69) is 20.2 Å². The largest absolute Gasteiger partial charge is 0.418 e. The van der Waals surface area contributed by atoms with Crippen molar-refractivity contribution in [3.05, 3.63) is 59.9 Å². The molecular formula is C21H22F3N5O. The Bertz CT molecular complexity index is 992. The lowest BCUT2D eigenvalue weighted by Crippen LogP contribution is -2.48. The molecule has 1 fully saturated rings. The summed E-state index contributed by atoms with van der Waals surface area (Å²) in [6.07, 6.45) is -4.51. The Labute approximate surface area is 171 Å². The second-order valence-electron chi connectivity index (χ2n) is 7.34. The quantitative estimate of drug-likeness (QED) is 0.669. The number of piperazine rings is 1. The van der Waals surface area contributed by atoms with Crippen molar-refractivity contribution in [2.75, 3.05) is 38.0 Å². The lowest BCUT2D eigenvalue weighted by Gasteiger charge is -2.33. The van der Waals surface area contributed by atoms with Crippen molar-refractivity contribution in [1.29, 1.82) is 0 Å². The van der Waals surface area contributed by atoms with Gasteiger partial charge in [-0.25, -0.2) is 4.98 Å². The van der Waals surface area contributed by atoms with Crippen LogP contribution >= 0.6 is 0 Å². The molecule has 1 aliphatic heterocycles. The summed E-state index contributed by atoms with van der Waals surface area (Å²) in [4.78, 5) is 24.4. The van der Waals surface area contributed by atoms with Gasteiger partial charge in [0, 0.05) is 26.2 Å². The Morgan fingerprint density at radius 1 is 1.00 bits per heavy atom. The summed E-state index contributed by atoms with van der Waals surface area (Å²) < 4.78 is 39.2. The average molecular weight is 417 g/mol. The van der Waals surface area contributed by atoms with Gasteiger partial charge < -0.3 is 10.3 Å². The number of hydrogen-bond acceptors (Lipinski definition) is 4. The molecule has 158 valence electrons. The van der Waals surface area contributed by atoms with Gasteiger partial charge >= 0.3 is 6.18 Å². The summed E-state index contributed by atoms with van der Waals surface area (Å²) >= 11 is 0. The van der Waals surface area contributed by atoms with Crippen LogP contribution in [0.1, 0.15) is 11.4 Å². The number of nitrogens with zero attached hydrogens (tertiary/aromatic N) is 3. The molecule has 1 aromatic heterocycles. The summed E-state index contributed by atoms with van der Waals surface area (Å²) in [6.45, 7) is 3.58. The van der Waals surface area contributed by atoms with Crippen LogP contribution in [0.15, 0.2) is 48.5 Å². The number of imidazole rings is 1. The number of H-pyrrole nitrogens is 1. The Morgan fingerprint density at radius 3 is 2.40 bits per heavy atom. The van der Waals surface area contributed by atoms with Crippen LogP contribution < -0.4 is 5.32 Å². The van der Waals surface area contributed by atoms with Gasteiger partial charge in [0.15, 0.2) is 0 Å². The first-order valence-electron chi connectivity index (χ1n) is 9.73. The average Bonchev–Trinajstić information content (AvgIpc) is 3.11. The number of carbonyl (C=O) groups is 1. The van der Waals surface area contributed by atoms with Crippen molar-refractivity contribution in [1.82, 2.24) is 19.8 Å². The van der Waals surface area contributed by atoms with Gasteiger partial charge in [0.2, 0.25) is 5.91 Å². The standard InChI is InChI=1S/C21H22F3N5O/c22-21(23,24)15-5-1-2-6-16(15)27-20(30)14-29-11-9-28(10-12-29)13-19-25-17-7-3-4-8-18(17)26-19/h1-8H,9-14H2,(H,25,26)(H,27,30). The van der Waals surface area contributed by atoms with Gasteiger partial charge in [0.1, 0.15) is 5.82 Å². The molecule has 0 atom stereocenters. The SMILES string of the molecule is O=C(CN1CCN(Cc2nc3ccccc3[nH]2)CC1)Nc1ccccc1C(F)(F)F. The van der Waals surface area contributed by atoms with E-state index in [1.165, 1.54) is 18.2 Å². The molecule has 30 heavy (non-hydrogen) atoms. The number of benzene rings is 2. The van der Waals surface area contributed by atoms with E-state index in [1.807, 2.05) is 29.2 Å². The van der Waals surface area contributed by atoms with Gasteiger partial charge in [-0.1, -0.05) is 24.3 Å². The molecule has 6 nitrogen and oxygen atoms in total. The minimum atomic E-state index is -4.51. The van der Waals surface area contributed by atoms with Crippen molar-refractivity contribution in [2.24, 2.45) is 0 Å². The Kier molecular flexibility index (Phi) is 5.74. The van der Waals surface area contributed by atoms with E-state index in [1.54, 1.807) is 0 Å². The van der Waals surface area contributed by atoms with Crippen LogP contribution in [-0.4, -0.2) is 58.4 Å². The number of anilines is 1. The van der Waals surface area contributed by atoms with Gasteiger partial charge in [-0.05, 0) is 24.3 Å². The summed E-state index contributed by atoms with van der Waals surface area (Å²) in [5.74, 6) is 0.448. The third-order valence-corrected chi connectivity index (χ3v) is 5.15. The number of hydrogen-bond donors (Lipinski definition) is 2. The molecule has 0 saturated carbocycles. The van der Waals surface area contributed by atoms with Crippen LogP contribution in [0.3, 0.4) is 0 Å². The second-order valence-corrected chi connectivity index (χ2v) is 7.34. The molecule has 0 aliphatic carbocycles. The molecule has 1 amide bonds. The predicted octanol–water partition coefficient (Wildman–Crippen LogP) is 3.34. The number of alkyl halides is 3. The molecule has 2 aromatic carbocycles. The van der Waals surface area contributed by atoms with E-state index in [0.29, 0.717) is 19.6 Å². The van der Waals surface area contributed by atoms with E-state index >= 15 is 0 Å². The third-order valence-electron chi connectivity index (χ3n) is 5.15. The highest BCUT2D eigenvalue weighted by Crippen LogP contribution is 2.34. The van der Waals surface area contributed by atoms with Gasteiger partial charge in [-0.3, -0.25) is 14.6 Å². The topological polar surface area (TPSA) is 64.3 Å². The van der Waals surface area contributed by atoms with Crippen molar-refractivity contribution in [2.45, 2.75) is 12.7 Å². The lowest BCUT2D eigenvalue weighted by atomic mass is 10.1. The molecule has 3 aromatic rings. The molecule has 4 rings (SSSR count). The number of fused-ring (bicyclic) bond motifs is 1. The first kappa shape index (κ1) is 20.4. The minimum absolute atomic E-state index is 0.0602. The van der Waals surface area contributed by atoms with E-state index in [4.69, 9.17) is 0 Å². The summed E-state index contributed by atoms with van der Waals surface area (Å²) in [5.41, 5.74) is 0.886. The number of nitrogens with one attached hydrogen (secondary N) is 2. The van der Waals surface area contributed by atoms with E-state index < -0.39 is 17.6 Å². The third kappa shape index (κ3) is 4.80. The molecule has 1 saturated heterocycles. The van der Waals surface area contributed by atoms with Crippen LogP contribution in [0.5, 0.6) is 0 Å². The number of aromatic amines is 1. The maximum absolute atomic E-state index is 13.1. The zero-order valence-corrected chi connectivity index (χ0v) is 16.2. The lowest BCUT2D eigenvalue weighted by molar-refractivity contribution is -0.137. The van der Waals surface area contributed by atoms with E-state index in [9.17, 15) is 18.0 Å². The number of carbonyl (C=O) groups excluding carboxylic acids is 1. The highest BCUT2D eigenvalue weighted by atomic mass is 19.4. The first-order valence-corrected chi connectivity index (χ1v) is 9.73. The Hall–Kier alpha value is -2.91. The second kappa shape index (κ2) is 8.45. The van der Waals surface area contributed by atoms with Gasteiger partial charge in [-0.2, -0.15) is 13.2 Å². The maximum Gasteiger partial charge on any atom is 0.418 e. The van der Waals surface area contributed by atoms with Crippen molar-refractivity contribution >= 4 is 22.6 Å². The van der Waals surface area contributed by atoms with E-state index in [0.717, 1.165) is 36.0 Å². The van der Waals surface area contributed by atoms with Crippen molar-refractivity contribution in [3.63, 3.8) is 0 Å². The molecule has 0 bridgehead atoms. The fourth-order valence-corrected chi connectivity index (χ4v) is 3.63. The summed E-state index contributed by atoms with van der Waals surface area (Å²) in [5, 5.41) is 2.40. The highest BCUT2D eigenvalue weighted by Gasteiger charge is 2.33. The summed E-state index contributed by atoms with van der Waals surface area (Å²) in [7, 11) is 0. The van der Waals surface area contributed by atoms with Crippen molar-refractivity contribution in [3.8, 4) is 0 Å². The number of aromatic nitrogens is 2. The Balaban J connectivity index is 1.28.